The van der Waals surface area contributed by atoms with Crippen LogP contribution in [0.1, 0.15) is 10.4 Å². The number of hydrogen-bond acceptors (Lipinski definition) is 0. The third-order valence-electron chi connectivity index (χ3n) is 5.21. The van der Waals surface area contributed by atoms with Gasteiger partial charge in [0.25, 0.3) is 0 Å². The molecule has 0 saturated carbocycles. The molecular weight excluding hydrogens is 696 g/mol. The van der Waals surface area contributed by atoms with E-state index in [1.807, 2.05) is 0 Å². The first-order valence-electron chi connectivity index (χ1n) is 8.46. The molecule has 7 heteroatoms. The van der Waals surface area contributed by atoms with Crippen molar-refractivity contribution < 1.29 is 5.48 Å². The third-order valence-corrected chi connectivity index (χ3v) is 18.2. The highest BCUT2D eigenvalue weighted by atomic mass is 79.9. The molecule has 0 saturated heterocycles. The van der Waals surface area contributed by atoms with Crippen LogP contribution < -0.4 is 20.7 Å². The van der Waals surface area contributed by atoms with Gasteiger partial charge in [-0.25, -0.2) is 0 Å². The average molecular weight is 713 g/mol. The number of alkyl halides is 5. The Morgan fingerprint density at radius 3 is 1.46 bits per heavy atom. The van der Waals surface area contributed by atoms with Crippen LogP contribution in [0.15, 0.2) is 78.9 Å². The molecule has 0 fully saturated rings. The molecule has 0 aromatic heterocycles. The Kier molecular flexibility index (Phi) is 7.18. The van der Waals surface area contributed by atoms with Crippen molar-refractivity contribution in [3.05, 3.63) is 84.4 Å². The molecule has 1 heterocycles. The van der Waals surface area contributed by atoms with Gasteiger partial charge in [0, 0.05) is 0 Å². The van der Waals surface area contributed by atoms with Gasteiger partial charge in [-0.1, -0.05) is 159 Å². The van der Waals surface area contributed by atoms with Crippen molar-refractivity contribution in [1.29, 1.82) is 0 Å². The van der Waals surface area contributed by atoms with Gasteiger partial charge < -0.3 is 5.48 Å². The van der Waals surface area contributed by atoms with Gasteiger partial charge in [-0.3, -0.25) is 0 Å². The Bertz CT molecular complexity index is 899. The summed E-state index contributed by atoms with van der Waals surface area (Å²) in [5, 5.41) is 5.83. The molecule has 2 N–H and O–H groups in total. The summed E-state index contributed by atoms with van der Waals surface area (Å²) in [7, 11) is -2.13. The molecule has 3 aromatic rings. The monoisotopic (exact) mass is 708 g/mol. The molecule has 28 heavy (non-hydrogen) atoms. The maximum atomic E-state index is 3.97. The molecule has 4 rings (SSSR count). The molecule has 1 nitrogen and oxygen atoms in total. The van der Waals surface area contributed by atoms with Crippen LogP contribution in [0.2, 0.25) is 0 Å². The van der Waals surface area contributed by atoms with Crippen LogP contribution >= 0.6 is 79.6 Å². The summed E-state index contributed by atoms with van der Waals surface area (Å²) in [6.07, 6.45) is 0. The summed E-state index contributed by atoms with van der Waals surface area (Å²) in [6, 6.07) is 28.8. The Labute approximate surface area is 208 Å². The summed E-state index contributed by atoms with van der Waals surface area (Å²) in [5.41, 5.74) is 1.38. The molecule has 1 unspecified atom stereocenters. The van der Waals surface area contributed by atoms with Crippen LogP contribution in [-0.4, -0.2) is 20.5 Å². The van der Waals surface area contributed by atoms with Crippen molar-refractivity contribution in [1.82, 2.24) is 0 Å². The van der Waals surface area contributed by atoms with E-state index < -0.39 is 8.07 Å². The van der Waals surface area contributed by atoms with E-state index in [0.717, 1.165) is 0 Å². The lowest BCUT2D eigenvalue weighted by Crippen LogP contribution is -2.83. The summed E-state index contributed by atoms with van der Waals surface area (Å²) in [4.78, 5) is 0.105. The van der Waals surface area contributed by atoms with E-state index in [4.69, 9.17) is 0 Å². The largest absolute Gasteiger partial charge is 0.412 e. The lowest BCUT2D eigenvalue weighted by molar-refractivity contribution is 0.824. The van der Waals surface area contributed by atoms with E-state index in [0.29, 0.717) is 0 Å². The smallest absolute Gasteiger partial charge is 0.180 e. The van der Waals surface area contributed by atoms with E-state index in [1.54, 1.807) is 0 Å². The highest BCUT2D eigenvalue weighted by Crippen LogP contribution is 2.52. The van der Waals surface area contributed by atoms with Gasteiger partial charge in [0.15, 0.2) is 8.07 Å². The Hall–Kier alpha value is 0.237. The van der Waals surface area contributed by atoms with Crippen LogP contribution in [0, 0.1) is 0 Å². The molecule has 0 amide bonds. The van der Waals surface area contributed by atoms with Crippen molar-refractivity contribution in [2.45, 2.75) is 11.8 Å². The summed E-state index contributed by atoms with van der Waals surface area (Å²) in [5.74, 6) is 0. The number of benzene rings is 3. The van der Waals surface area contributed by atoms with Crippen molar-refractivity contribution in [2.75, 3.05) is 0 Å². The normalized spacial score (nSPS) is 15.5. The van der Waals surface area contributed by atoms with Crippen LogP contribution in [-0.2, 0) is 0 Å². The number of hydrogen-bond donors (Lipinski definition) is 0. The second-order valence-corrected chi connectivity index (χ2v) is 18.0. The summed E-state index contributed by atoms with van der Waals surface area (Å²) < 4.78 is -0.288. The van der Waals surface area contributed by atoms with Gasteiger partial charge >= 0.3 is 0 Å². The zero-order chi connectivity index (χ0) is 19.2. The summed E-state index contributed by atoms with van der Waals surface area (Å²) >= 11 is 19.0. The molecule has 1 atom stereocenters. The Morgan fingerprint density at radius 1 is 0.643 bits per heavy atom. The topological polar surface area (TPSA) is 31.5 Å². The predicted octanol–water partition coefficient (Wildman–Crippen LogP) is 4.59. The van der Waals surface area contributed by atoms with Crippen LogP contribution in [0.4, 0.5) is 0 Å². The van der Waals surface area contributed by atoms with Gasteiger partial charge in [0.1, 0.15) is 3.23 Å². The predicted molar refractivity (Wildman–Crippen MR) is 141 cm³/mol. The molecule has 2 bridgehead atoms. The molecule has 1 aliphatic heterocycles. The molecule has 3 aromatic carbocycles. The Balaban J connectivity index is 0.00000225. The number of fused-ring (bicyclic) bond motifs is 2. The Morgan fingerprint density at radius 2 is 1.07 bits per heavy atom. The van der Waals surface area contributed by atoms with Gasteiger partial charge in [0.2, 0.25) is 0 Å². The zero-order valence-corrected chi connectivity index (χ0v) is 23.5. The van der Waals surface area contributed by atoms with Crippen molar-refractivity contribution in [3.8, 4) is 0 Å². The van der Waals surface area contributed by atoms with Crippen LogP contribution in [0.3, 0.4) is 0 Å². The third kappa shape index (κ3) is 3.39. The van der Waals surface area contributed by atoms with Gasteiger partial charge in [-0.05, 0) is 26.3 Å². The molecule has 1 aliphatic rings. The second-order valence-electron chi connectivity index (χ2n) is 6.59. The number of rotatable bonds is 5. The molecule has 146 valence electrons. The minimum atomic E-state index is -2.13. The van der Waals surface area contributed by atoms with Gasteiger partial charge in [0.05, 0.1) is 8.56 Å². The highest BCUT2D eigenvalue weighted by Gasteiger charge is 2.55. The van der Waals surface area contributed by atoms with E-state index in [2.05, 4.69) is 159 Å². The minimum absolute atomic E-state index is 0. The van der Waals surface area contributed by atoms with E-state index in [1.165, 1.54) is 26.3 Å². The second kappa shape index (κ2) is 8.77. The minimum Gasteiger partial charge on any atom is -0.412 e. The fourth-order valence-electron chi connectivity index (χ4n) is 4.04. The first-order valence-corrected chi connectivity index (χ1v) is 14.8. The highest BCUT2D eigenvalue weighted by molar-refractivity contribution is 9.30. The average Bonchev–Trinajstić information content (AvgIpc) is 2.70. The maximum Gasteiger partial charge on any atom is 0.180 e. The van der Waals surface area contributed by atoms with Crippen molar-refractivity contribution in [3.63, 3.8) is 0 Å². The zero-order valence-electron chi connectivity index (χ0n) is 14.6. The SMILES string of the molecule is BrC(Br)C(Br)(Br)C(Br)c1c2cccc1[Si]2(c1ccccc1)c1ccccc1.O. The number of halogens is 5. The van der Waals surface area contributed by atoms with Gasteiger partial charge in [-0.2, -0.15) is 0 Å². The quantitative estimate of drug-likeness (QED) is 0.215. The van der Waals surface area contributed by atoms with E-state index >= 15 is 0 Å². The lowest BCUT2D eigenvalue weighted by Gasteiger charge is -2.48. The molecule has 0 spiro atoms. The van der Waals surface area contributed by atoms with Crippen LogP contribution in [0.5, 0.6) is 0 Å². The fourth-order valence-corrected chi connectivity index (χ4v) is 12.0. The van der Waals surface area contributed by atoms with E-state index in [9.17, 15) is 0 Å². The van der Waals surface area contributed by atoms with Gasteiger partial charge in [-0.15, -0.1) is 0 Å². The van der Waals surface area contributed by atoms with Crippen molar-refractivity contribution >= 4 is 108 Å². The maximum absolute atomic E-state index is 3.97. The summed E-state index contributed by atoms with van der Waals surface area (Å²) in [6.45, 7) is 0. The standard InChI is InChI=1S/C21H15Br5Si.H2O/c22-19(21(25,26)20(23)24)18-16-12-7-13-17(18)27(16,14-8-3-1-4-9-14)15-10-5-2-6-11-15;/h1-13,19-20H;1H2. The first kappa shape index (κ1) is 22.9. The van der Waals surface area contributed by atoms with Crippen LogP contribution in [0.25, 0.3) is 0 Å². The van der Waals surface area contributed by atoms with E-state index in [-0.39, 0.29) is 17.3 Å². The fraction of sp³-hybridized carbons (Fsp3) is 0.143. The molecular formula is C21H17Br5OSi. The molecule has 0 radical (unpaired) electrons. The molecule has 0 aliphatic carbocycles. The van der Waals surface area contributed by atoms with Crippen molar-refractivity contribution in [2.24, 2.45) is 0 Å². The first-order chi connectivity index (χ1) is 12.9. The lowest BCUT2D eigenvalue weighted by atomic mass is 10.1.